The van der Waals surface area contributed by atoms with Gasteiger partial charge in [0.2, 0.25) is 0 Å². The number of para-hydroxylation sites is 1. The zero-order chi connectivity index (χ0) is 23.1. The highest BCUT2D eigenvalue weighted by Gasteiger charge is 2.35. The topological polar surface area (TPSA) is 37.2 Å². The molecule has 0 N–H and O–H groups in total. The number of nitrogens with zero attached hydrogens (tertiary/aromatic N) is 5. The summed E-state index contributed by atoms with van der Waals surface area (Å²) >= 11 is 0. The van der Waals surface area contributed by atoms with E-state index in [1.165, 1.54) is 27.7 Å². The molecule has 4 aromatic rings. The van der Waals surface area contributed by atoms with Crippen LogP contribution < -0.4 is 9.80 Å². The molecule has 2 aromatic carbocycles. The van der Waals surface area contributed by atoms with E-state index >= 15 is 0 Å². The van der Waals surface area contributed by atoms with E-state index in [0.29, 0.717) is 0 Å². The maximum atomic E-state index is 4.91. The Morgan fingerprint density at radius 2 is 1.39 bits per heavy atom. The molecule has 1 aliphatic rings. The summed E-state index contributed by atoms with van der Waals surface area (Å²) < 4.78 is 2.30. The first-order valence-corrected chi connectivity index (χ1v) is 11.7. The second-order valence-corrected chi connectivity index (χ2v) is 8.59. The summed E-state index contributed by atoms with van der Waals surface area (Å²) in [4.78, 5) is 14.5. The molecule has 3 heterocycles. The summed E-state index contributed by atoms with van der Waals surface area (Å²) in [7, 11) is 2.16. The predicted octanol–water partition coefficient (Wildman–Crippen LogP) is 5.96. The fourth-order valence-corrected chi connectivity index (χ4v) is 4.98. The standard InChI is InChI=1S/C28H31N5/c1-6-32-25(33(7-2)28-27(32)29-19(3)20(4)30-28)18-17-23-22-15-11-12-16-24(22)31(5)26(23)21-13-9-8-10-14-21/h8-18,25H,6-7H2,1-5H3/b18-17+. The molecule has 168 valence electrons. The molecule has 0 amide bonds. The number of aryl methyl sites for hydroxylation is 3. The van der Waals surface area contributed by atoms with Crippen LogP contribution in [0.2, 0.25) is 0 Å². The van der Waals surface area contributed by atoms with Crippen molar-refractivity contribution in [3.63, 3.8) is 0 Å². The molecule has 5 nitrogen and oxygen atoms in total. The van der Waals surface area contributed by atoms with Gasteiger partial charge in [-0.15, -0.1) is 0 Å². The lowest BCUT2D eigenvalue weighted by Gasteiger charge is -2.28. The van der Waals surface area contributed by atoms with Crippen LogP contribution in [0, 0.1) is 13.8 Å². The first-order valence-electron chi connectivity index (χ1n) is 11.7. The fraction of sp³-hybridized carbons (Fsp3) is 0.286. The average Bonchev–Trinajstić information content (AvgIpc) is 3.29. The molecule has 2 aromatic heterocycles. The monoisotopic (exact) mass is 437 g/mol. The van der Waals surface area contributed by atoms with Crippen LogP contribution in [-0.2, 0) is 7.05 Å². The number of fused-ring (bicyclic) bond motifs is 2. The van der Waals surface area contributed by atoms with Gasteiger partial charge in [0.05, 0.1) is 17.1 Å². The summed E-state index contributed by atoms with van der Waals surface area (Å²) in [6.45, 7) is 10.2. The third-order valence-electron chi connectivity index (χ3n) is 6.76. The normalized spacial score (nSPS) is 14.1. The van der Waals surface area contributed by atoms with Crippen molar-refractivity contribution in [1.29, 1.82) is 0 Å². The third-order valence-corrected chi connectivity index (χ3v) is 6.76. The lowest BCUT2D eigenvalue weighted by molar-refractivity contribution is 0.689. The zero-order valence-corrected chi connectivity index (χ0v) is 20.1. The molecule has 0 radical (unpaired) electrons. The second kappa shape index (κ2) is 8.39. The molecule has 0 spiro atoms. The van der Waals surface area contributed by atoms with E-state index in [1.54, 1.807) is 0 Å². The first kappa shape index (κ1) is 21.3. The molecule has 0 saturated carbocycles. The van der Waals surface area contributed by atoms with Crippen LogP contribution >= 0.6 is 0 Å². The Bertz CT molecular complexity index is 1300. The zero-order valence-electron chi connectivity index (χ0n) is 20.1. The van der Waals surface area contributed by atoms with Gasteiger partial charge < -0.3 is 14.4 Å². The van der Waals surface area contributed by atoms with E-state index in [4.69, 9.17) is 9.97 Å². The minimum Gasteiger partial charge on any atom is -0.343 e. The van der Waals surface area contributed by atoms with Crippen LogP contribution in [-0.4, -0.2) is 33.8 Å². The highest BCUT2D eigenvalue weighted by Crippen LogP contribution is 2.39. The van der Waals surface area contributed by atoms with Gasteiger partial charge in [0.25, 0.3) is 0 Å². The Balaban J connectivity index is 1.64. The van der Waals surface area contributed by atoms with Gasteiger partial charge in [0.1, 0.15) is 6.17 Å². The number of aromatic nitrogens is 3. The third kappa shape index (κ3) is 3.39. The number of benzene rings is 2. The molecule has 1 aliphatic heterocycles. The van der Waals surface area contributed by atoms with E-state index in [1.807, 2.05) is 13.8 Å². The molecule has 5 rings (SSSR count). The summed E-state index contributed by atoms with van der Waals surface area (Å²) in [5, 5.41) is 1.26. The van der Waals surface area contributed by atoms with Crippen molar-refractivity contribution >= 4 is 28.6 Å². The van der Waals surface area contributed by atoms with Gasteiger partial charge in [-0.1, -0.05) is 54.6 Å². The van der Waals surface area contributed by atoms with Crippen LogP contribution in [0.15, 0.2) is 60.7 Å². The molecule has 0 atom stereocenters. The quantitative estimate of drug-likeness (QED) is 0.386. The van der Waals surface area contributed by atoms with Crippen molar-refractivity contribution in [2.45, 2.75) is 33.9 Å². The Morgan fingerprint density at radius 3 is 2.00 bits per heavy atom. The molecule has 5 heteroatoms. The van der Waals surface area contributed by atoms with Gasteiger partial charge in [-0.3, -0.25) is 0 Å². The van der Waals surface area contributed by atoms with Gasteiger partial charge in [-0.2, -0.15) is 0 Å². The fourth-order valence-electron chi connectivity index (χ4n) is 4.98. The highest BCUT2D eigenvalue weighted by atomic mass is 15.5. The molecule has 33 heavy (non-hydrogen) atoms. The van der Waals surface area contributed by atoms with Gasteiger partial charge in [0.15, 0.2) is 11.6 Å². The minimum absolute atomic E-state index is 0.0822. The predicted molar refractivity (Wildman–Crippen MR) is 139 cm³/mol. The molecule has 0 unspecified atom stereocenters. The Hall–Kier alpha value is -3.60. The van der Waals surface area contributed by atoms with Crippen LogP contribution in [0.1, 0.15) is 30.8 Å². The maximum Gasteiger partial charge on any atom is 0.174 e. The lowest BCUT2D eigenvalue weighted by Crippen LogP contribution is -2.41. The average molecular weight is 438 g/mol. The number of rotatable bonds is 5. The highest BCUT2D eigenvalue weighted by molar-refractivity contribution is 5.97. The number of anilines is 2. The molecule has 0 aliphatic carbocycles. The number of likely N-dealkylation sites (N-methyl/N-ethyl adjacent to an activating group) is 2. The van der Waals surface area contributed by atoms with Crippen LogP contribution in [0.5, 0.6) is 0 Å². The summed E-state index contributed by atoms with van der Waals surface area (Å²) in [6, 6.07) is 19.3. The van der Waals surface area contributed by atoms with E-state index in [0.717, 1.165) is 36.1 Å². The second-order valence-electron chi connectivity index (χ2n) is 8.59. The van der Waals surface area contributed by atoms with E-state index in [-0.39, 0.29) is 6.17 Å². The molecule has 0 bridgehead atoms. The van der Waals surface area contributed by atoms with Gasteiger partial charge in [0, 0.05) is 36.6 Å². The summed E-state index contributed by atoms with van der Waals surface area (Å²) in [5.41, 5.74) is 6.93. The van der Waals surface area contributed by atoms with Crippen LogP contribution in [0.4, 0.5) is 11.6 Å². The van der Waals surface area contributed by atoms with Gasteiger partial charge in [-0.05, 0) is 45.4 Å². The molecule has 0 fully saturated rings. The van der Waals surface area contributed by atoms with Crippen LogP contribution in [0.25, 0.3) is 28.2 Å². The van der Waals surface area contributed by atoms with Crippen molar-refractivity contribution in [1.82, 2.24) is 14.5 Å². The van der Waals surface area contributed by atoms with Crippen LogP contribution in [0.3, 0.4) is 0 Å². The maximum absolute atomic E-state index is 4.91. The van der Waals surface area contributed by atoms with E-state index in [2.05, 4.69) is 102 Å². The lowest BCUT2D eigenvalue weighted by atomic mass is 10.0. The van der Waals surface area contributed by atoms with Gasteiger partial charge in [-0.25, -0.2) is 9.97 Å². The smallest absolute Gasteiger partial charge is 0.174 e. The van der Waals surface area contributed by atoms with Crippen molar-refractivity contribution in [3.05, 3.63) is 77.6 Å². The van der Waals surface area contributed by atoms with Crippen molar-refractivity contribution in [2.75, 3.05) is 22.9 Å². The Labute approximate surface area is 196 Å². The number of hydrogen-bond acceptors (Lipinski definition) is 4. The van der Waals surface area contributed by atoms with E-state index < -0.39 is 0 Å². The van der Waals surface area contributed by atoms with Crippen molar-refractivity contribution < 1.29 is 0 Å². The SMILES string of the molecule is CCN1c2nc(C)c(C)nc2N(CC)C1/C=C/c1c(-c2ccccc2)n(C)c2ccccc12. The number of hydrogen-bond donors (Lipinski definition) is 0. The van der Waals surface area contributed by atoms with Crippen molar-refractivity contribution in [2.24, 2.45) is 7.05 Å². The minimum atomic E-state index is 0.0822. The molecular formula is C28H31N5. The van der Waals surface area contributed by atoms with Gasteiger partial charge >= 0.3 is 0 Å². The molecular weight excluding hydrogens is 406 g/mol. The molecule has 0 saturated heterocycles. The summed E-state index contributed by atoms with van der Waals surface area (Å²) in [6.07, 6.45) is 4.69. The first-order chi connectivity index (χ1) is 16.0. The summed E-state index contributed by atoms with van der Waals surface area (Å²) in [5.74, 6) is 1.97. The Kier molecular flexibility index (Phi) is 5.41. The van der Waals surface area contributed by atoms with E-state index in [9.17, 15) is 0 Å². The van der Waals surface area contributed by atoms with Crippen molar-refractivity contribution in [3.8, 4) is 11.3 Å². The Morgan fingerprint density at radius 1 is 0.818 bits per heavy atom. The largest absolute Gasteiger partial charge is 0.343 e.